The van der Waals surface area contributed by atoms with Gasteiger partial charge in [-0.05, 0) is 49.1 Å². The van der Waals surface area contributed by atoms with Gasteiger partial charge >= 0.3 is 0 Å². The van der Waals surface area contributed by atoms with E-state index in [1.807, 2.05) is 19.1 Å². The van der Waals surface area contributed by atoms with Gasteiger partial charge in [-0.15, -0.1) is 0 Å². The molecule has 1 aromatic heterocycles. The number of hydrogen-bond acceptors (Lipinski definition) is 4. The molecule has 6 heteroatoms. The van der Waals surface area contributed by atoms with Crippen LogP contribution in [0.2, 0.25) is 0 Å². The minimum absolute atomic E-state index is 0.0489. The molecule has 0 aliphatic carbocycles. The van der Waals surface area contributed by atoms with Gasteiger partial charge in [-0.3, -0.25) is 9.59 Å². The number of carbonyl (C=O) groups is 2. The third-order valence-electron chi connectivity index (χ3n) is 5.38. The monoisotopic (exact) mass is 420 g/mol. The van der Waals surface area contributed by atoms with Crippen molar-refractivity contribution in [2.75, 3.05) is 26.2 Å². The lowest BCUT2D eigenvalue weighted by Gasteiger charge is -2.30. The molecular weight excluding hydrogens is 380 g/mol. The Morgan fingerprint density at radius 1 is 1.23 bits per heavy atom. The highest BCUT2D eigenvalue weighted by Gasteiger charge is 2.27. The van der Waals surface area contributed by atoms with Crippen molar-refractivity contribution in [2.45, 2.75) is 79.4 Å². The van der Waals surface area contributed by atoms with Gasteiger partial charge in [0.15, 0.2) is 0 Å². The lowest BCUT2D eigenvalue weighted by molar-refractivity contribution is -0.142. The molecule has 0 aromatic carbocycles. The van der Waals surface area contributed by atoms with Crippen LogP contribution in [0.3, 0.4) is 0 Å². The Hall–Kier alpha value is -1.82. The maximum absolute atomic E-state index is 13.2. The van der Waals surface area contributed by atoms with Crippen molar-refractivity contribution in [3.63, 3.8) is 0 Å². The van der Waals surface area contributed by atoms with Gasteiger partial charge in [-0.2, -0.15) is 0 Å². The van der Waals surface area contributed by atoms with Gasteiger partial charge in [0.1, 0.15) is 5.76 Å². The first-order valence-electron chi connectivity index (χ1n) is 11.4. The molecule has 2 rings (SSSR count). The third-order valence-corrected chi connectivity index (χ3v) is 5.38. The summed E-state index contributed by atoms with van der Waals surface area (Å²) in [7, 11) is 0. The molecule has 2 atom stereocenters. The van der Waals surface area contributed by atoms with Crippen molar-refractivity contribution in [2.24, 2.45) is 11.3 Å². The van der Waals surface area contributed by atoms with E-state index in [-0.39, 0.29) is 35.8 Å². The van der Waals surface area contributed by atoms with Crippen molar-refractivity contribution in [1.29, 1.82) is 0 Å². The predicted octanol–water partition coefficient (Wildman–Crippen LogP) is 4.49. The van der Waals surface area contributed by atoms with Crippen LogP contribution in [-0.2, 0) is 20.9 Å². The second kappa shape index (κ2) is 11.5. The summed E-state index contributed by atoms with van der Waals surface area (Å²) < 4.78 is 11.2. The summed E-state index contributed by atoms with van der Waals surface area (Å²) in [6.07, 6.45) is 5.96. The largest absolute Gasteiger partial charge is 0.467 e. The lowest BCUT2D eigenvalue weighted by atomic mass is 9.84. The normalized spacial score (nSPS) is 17.7. The van der Waals surface area contributed by atoms with Crippen molar-refractivity contribution in [1.82, 2.24) is 9.80 Å². The van der Waals surface area contributed by atoms with Crippen molar-refractivity contribution in [3.05, 3.63) is 24.2 Å². The van der Waals surface area contributed by atoms with Crippen LogP contribution in [0, 0.1) is 11.3 Å². The summed E-state index contributed by atoms with van der Waals surface area (Å²) in [5, 5.41) is 0. The van der Waals surface area contributed by atoms with Gasteiger partial charge in [0.05, 0.1) is 25.5 Å². The van der Waals surface area contributed by atoms with Crippen LogP contribution in [0.15, 0.2) is 22.8 Å². The van der Waals surface area contributed by atoms with Crippen LogP contribution < -0.4 is 0 Å². The number of carbonyl (C=O) groups excluding carboxylic acids is 2. The summed E-state index contributed by atoms with van der Waals surface area (Å²) in [4.78, 5) is 29.7. The molecule has 0 bridgehead atoms. The maximum atomic E-state index is 13.2. The number of rotatable bonds is 11. The molecular formula is C24H40N2O4. The van der Waals surface area contributed by atoms with E-state index >= 15 is 0 Å². The Kier molecular flexibility index (Phi) is 9.40. The smallest absolute Gasteiger partial charge is 0.242 e. The summed E-state index contributed by atoms with van der Waals surface area (Å²) in [5.41, 5.74) is 0.187. The Morgan fingerprint density at radius 3 is 2.57 bits per heavy atom. The second-order valence-corrected chi connectivity index (χ2v) is 9.88. The Bertz CT molecular complexity index is 645. The zero-order valence-electron chi connectivity index (χ0n) is 19.5. The van der Waals surface area contributed by atoms with E-state index in [9.17, 15) is 9.59 Å². The molecule has 0 unspecified atom stereocenters. The molecule has 0 spiro atoms. The number of ether oxygens (including phenoxy) is 1. The SMILES string of the molecule is CCCN(CC(=O)N(Cc1ccco1)C[C@@H]1CCCO1)C(=O)C[C@H](C)CC(C)(C)C. The fourth-order valence-electron chi connectivity index (χ4n) is 4.25. The van der Waals surface area contributed by atoms with Crippen LogP contribution in [-0.4, -0.2) is 54.0 Å². The number of hydrogen-bond donors (Lipinski definition) is 0. The summed E-state index contributed by atoms with van der Waals surface area (Å²) in [5.74, 6) is 1.05. The van der Waals surface area contributed by atoms with Gasteiger partial charge < -0.3 is 19.0 Å². The van der Waals surface area contributed by atoms with Crippen molar-refractivity contribution in [3.8, 4) is 0 Å². The highest BCUT2D eigenvalue weighted by molar-refractivity contribution is 5.85. The minimum atomic E-state index is -0.0489. The van der Waals surface area contributed by atoms with E-state index in [4.69, 9.17) is 9.15 Å². The molecule has 0 N–H and O–H groups in total. The fourth-order valence-corrected chi connectivity index (χ4v) is 4.25. The number of nitrogens with zero attached hydrogens (tertiary/aromatic N) is 2. The average molecular weight is 421 g/mol. The van der Waals surface area contributed by atoms with E-state index in [1.54, 1.807) is 16.1 Å². The molecule has 2 heterocycles. The predicted molar refractivity (Wildman–Crippen MR) is 118 cm³/mol. The molecule has 1 aliphatic heterocycles. The average Bonchev–Trinajstić information content (AvgIpc) is 3.33. The molecule has 30 heavy (non-hydrogen) atoms. The summed E-state index contributed by atoms with van der Waals surface area (Å²) in [6, 6.07) is 3.70. The van der Waals surface area contributed by atoms with Crippen molar-refractivity contribution < 1.29 is 18.7 Å². The Labute approximate surface area is 181 Å². The number of furan rings is 1. The zero-order valence-corrected chi connectivity index (χ0v) is 19.5. The lowest BCUT2D eigenvalue weighted by Crippen LogP contribution is -2.45. The van der Waals surface area contributed by atoms with Gasteiger partial charge in [0.25, 0.3) is 0 Å². The molecule has 6 nitrogen and oxygen atoms in total. The van der Waals surface area contributed by atoms with E-state index in [2.05, 4.69) is 27.7 Å². The van der Waals surface area contributed by atoms with E-state index < -0.39 is 0 Å². The topological polar surface area (TPSA) is 63.0 Å². The van der Waals surface area contributed by atoms with Gasteiger partial charge in [0.2, 0.25) is 11.8 Å². The van der Waals surface area contributed by atoms with Gasteiger partial charge in [0, 0.05) is 26.1 Å². The first kappa shape index (κ1) is 24.4. The molecule has 2 amide bonds. The first-order valence-corrected chi connectivity index (χ1v) is 11.4. The third kappa shape index (κ3) is 8.50. The van der Waals surface area contributed by atoms with Crippen LogP contribution >= 0.6 is 0 Å². The van der Waals surface area contributed by atoms with Crippen LogP contribution in [0.1, 0.15) is 72.5 Å². The maximum Gasteiger partial charge on any atom is 0.242 e. The highest BCUT2D eigenvalue weighted by atomic mass is 16.5. The molecule has 1 aromatic rings. The second-order valence-electron chi connectivity index (χ2n) is 9.88. The Balaban J connectivity index is 2.01. The highest BCUT2D eigenvalue weighted by Crippen LogP contribution is 2.26. The quantitative estimate of drug-likeness (QED) is 0.529. The van der Waals surface area contributed by atoms with E-state index in [1.165, 1.54) is 0 Å². The molecule has 0 radical (unpaired) electrons. The molecule has 1 saturated heterocycles. The van der Waals surface area contributed by atoms with E-state index in [0.29, 0.717) is 26.1 Å². The summed E-state index contributed by atoms with van der Waals surface area (Å²) in [6.45, 7) is 13.1. The van der Waals surface area contributed by atoms with E-state index in [0.717, 1.165) is 38.1 Å². The van der Waals surface area contributed by atoms with Gasteiger partial charge in [-0.1, -0.05) is 34.6 Å². The molecule has 0 saturated carbocycles. The molecule has 170 valence electrons. The fraction of sp³-hybridized carbons (Fsp3) is 0.750. The first-order chi connectivity index (χ1) is 14.2. The zero-order chi connectivity index (χ0) is 22.1. The van der Waals surface area contributed by atoms with Crippen molar-refractivity contribution >= 4 is 11.8 Å². The van der Waals surface area contributed by atoms with Crippen LogP contribution in [0.4, 0.5) is 0 Å². The minimum Gasteiger partial charge on any atom is -0.467 e. The summed E-state index contributed by atoms with van der Waals surface area (Å²) >= 11 is 0. The molecule has 1 fully saturated rings. The van der Waals surface area contributed by atoms with Crippen LogP contribution in [0.25, 0.3) is 0 Å². The molecule has 1 aliphatic rings. The van der Waals surface area contributed by atoms with Crippen LogP contribution in [0.5, 0.6) is 0 Å². The van der Waals surface area contributed by atoms with Gasteiger partial charge in [-0.25, -0.2) is 0 Å². The standard InChI is InChI=1S/C24H40N2O4/c1-6-11-25(22(27)14-19(2)15-24(3,4)5)18-23(28)26(16-20-9-7-12-29-20)17-21-10-8-13-30-21/h7,9,12,19,21H,6,8,10-11,13-18H2,1-5H3/t19-,21-/m0/s1. The number of amides is 2. The Morgan fingerprint density at radius 2 is 2.00 bits per heavy atom.